The maximum absolute atomic E-state index is 13.4. The highest BCUT2D eigenvalue weighted by Crippen LogP contribution is 2.49. The molecule has 1 saturated carbocycles. The average Bonchev–Trinajstić information content (AvgIpc) is 3.63. The molecule has 1 amide bonds. The summed E-state index contributed by atoms with van der Waals surface area (Å²) in [7, 11) is -1.30. The van der Waals surface area contributed by atoms with Crippen LogP contribution in [0.4, 0.5) is 5.82 Å². The number of benzene rings is 2. The molecule has 2 aromatic heterocycles. The number of hydrogen-bond donors (Lipinski definition) is 2. The van der Waals surface area contributed by atoms with E-state index in [-0.39, 0.29) is 26.9 Å². The number of nitrogens with zero attached hydrogens (tertiary/aromatic N) is 3. The van der Waals surface area contributed by atoms with Crippen molar-refractivity contribution in [2.45, 2.75) is 42.0 Å². The van der Waals surface area contributed by atoms with Gasteiger partial charge in [-0.15, -0.1) is 0 Å². The molecule has 1 unspecified atom stereocenters. The largest absolute Gasteiger partial charge is 0.412 e. The first-order chi connectivity index (χ1) is 18.1. The van der Waals surface area contributed by atoms with Crippen molar-refractivity contribution >= 4 is 33.6 Å². The summed E-state index contributed by atoms with van der Waals surface area (Å²) in [6, 6.07) is 23.0. The molecule has 38 heavy (non-hydrogen) atoms. The van der Waals surface area contributed by atoms with Crippen molar-refractivity contribution in [3.05, 3.63) is 84.6 Å². The first-order valence-electron chi connectivity index (χ1n) is 12.6. The molecular weight excluding hydrogens is 500 g/mol. The van der Waals surface area contributed by atoms with E-state index >= 15 is 0 Å². The number of pyridine rings is 2. The minimum absolute atomic E-state index is 0. The third-order valence-electron chi connectivity index (χ3n) is 7.43. The van der Waals surface area contributed by atoms with Crippen LogP contribution in [0.1, 0.15) is 34.1 Å². The van der Waals surface area contributed by atoms with Crippen molar-refractivity contribution in [3.8, 4) is 11.3 Å². The van der Waals surface area contributed by atoms with Crippen molar-refractivity contribution in [2.24, 2.45) is 0 Å². The second-order valence-electron chi connectivity index (χ2n) is 9.75. The lowest BCUT2D eigenvalue weighted by Crippen LogP contribution is -2.33. The molecule has 200 valence electrons. The van der Waals surface area contributed by atoms with Crippen LogP contribution in [0.5, 0.6) is 0 Å². The summed E-state index contributed by atoms with van der Waals surface area (Å²) < 4.78 is 14.9. The lowest BCUT2D eigenvalue weighted by molar-refractivity contribution is -0.118. The fourth-order valence-electron chi connectivity index (χ4n) is 5.13. The predicted octanol–water partition coefficient (Wildman–Crippen LogP) is 4.11. The maximum Gasteiger partial charge on any atom is 0.236 e. The molecule has 2 aromatic carbocycles. The molecule has 4 aromatic rings. The number of amides is 1. The summed E-state index contributed by atoms with van der Waals surface area (Å²) in [5.41, 5.74) is 2.99. The number of fused-ring (bicyclic) bond motifs is 1. The smallest absolute Gasteiger partial charge is 0.236 e. The zero-order valence-corrected chi connectivity index (χ0v) is 21.7. The number of carbonyl (C=O) groups is 1. The normalized spacial score (nSPS) is 19.0. The Kier molecular flexibility index (Phi) is 7.36. The number of aliphatic hydroxyl groups is 1. The summed E-state index contributed by atoms with van der Waals surface area (Å²) in [5, 5.41) is 13.6. The molecule has 0 spiro atoms. The second kappa shape index (κ2) is 10.7. The van der Waals surface area contributed by atoms with Gasteiger partial charge in [-0.3, -0.25) is 9.78 Å². The summed E-state index contributed by atoms with van der Waals surface area (Å²) in [5.74, 6) is 0.460. The van der Waals surface area contributed by atoms with E-state index in [0.29, 0.717) is 10.7 Å². The highest BCUT2D eigenvalue weighted by molar-refractivity contribution is 7.82. The van der Waals surface area contributed by atoms with Crippen molar-refractivity contribution < 1.29 is 22.4 Å². The van der Waals surface area contributed by atoms with E-state index in [2.05, 4.69) is 21.4 Å². The van der Waals surface area contributed by atoms with Crippen LogP contribution in [-0.4, -0.2) is 54.2 Å². The topological polar surface area (TPSA) is 127 Å². The molecule has 4 N–H and O–H groups in total. The van der Waals surface area contributed by atoms with Crippen LogP contribution in [0.2, 0.25) is 0 Å². The van der Waals surface area contributed by atoms with Crippen LogP contribution >= 0.6 is 0 Å². The second-order valence-corrected chi connectivity index (χ2v) is 11.2. The highest BCUT2D eigenvalue weighted by atomic mass is 32.2. The maximum atomic E-state index is 13.4. The Bertz CT molecular complexity index is 1500. The zero-order chi connectivity index (χ0) is 25.4. The van der Waals surface area contributed by atoms with Crippen LogP contribution in [0.15, 0.2) is 83.9 Å². The molecule has 0 radical (unpaired) electrons. The van der Waals surface area contributed by atoms with Crippen LogP contribution in [0.25, 0.3) is 22.2 Å². The van der Waals surface area contributed by atoms with Gasteiger partial charge in [0.1, 0.15) is 16.8 Å². The molecule has 2 aliphatic rings. The van der Waals surface area contributed by atoms with E-state index in [0.717, 1.165) is 60.0 Å². The van der Waals surface area contributed by atoms with Gasteiger partial charge in [-0.05, 0) is 73.7 Å². The van der Waals surface area contributed by atoms with Crippen LogP contribution in [-0.2, 0) is 21.2 Å². The Balaban J connectivity index is 0.00000147. The van der Waals surface area contributed by atoms with Gasteiger partial charge < -0.3 is 15.9 Å². The van der Waals surface area contributed by atoms with E-state index in [4.69, 9.17) is 0 Å². The number of nitrogens with one attached hydrogen (secondary N) is 1. The fourth-order valence-corrected chi connectivity index (χ4v) is 6.51. The summed E-state index contributed by atoms with van der Waals surface area (Å²) in [6.45, 7) is 0.742. The minimum atomic E-state index is -1.30. The molecular formula is C29H34N4O4S. The van der Waals surface area contributed by atoms with Crippen molar-refractivity contribution in [2.75, 3.05) is 18.5 Å². The molecule has 8 nitrogen and oxygen atoms in total. The Morgan fingerprint density at radius 2 is 1.92 bits per heavy atom. The van der Waals surface area contributed by atoms with Gasteiger partial charge in [0.25, 0.3) is 0 Å². The third kappa shape index (κ3) is 4.86. The van der Waals surface area contributed by atoms with Crippen molar-refractivity contribution in [1.82, 2.24) is 14.3 Å². The van der Waals surface area contributed by atoms with E-state index < -0.39 is 16.4 Å². The lowest BCUT2D eigenvalue weighted by Gasteiger charge is -2.21. The van der Waals surface area contributed by atoms with Crippen molar-refractivity contribution in [1.29, 1.82) is 0 Å². The number of aliphatic hydroxyl groups excluding tert-OH is 1. The summed E-state index contributed by atoms with van der Waals surface area (Å²) in [4.78, 5) is 23.1. The van der Waals surface area contributed by atoms with Gasteiger partial charge in [0.15, 0.2) is 0 Å². The van der Waals surface area contributed by atoms with Gasteiger partial charge in [0, 0.05) is 32.6 Å². The fraction of sp³-hybridized carbons (Fsp3) is 0.276. The molecule has 6 rings (SSSR count). The molecule has 0 bridgehead atoms. The van der Waals surface area contributed by atoms with Gasteiger partial charge in [-0.1, -0.05) is 30.3 Å². The van der Waals surface area contributed by atoms with Gasteiger partial charge in [-0.2, -0.15) is 0 Å². The molecule has 1 aliphatic heterocycles. The molecule has 2 fully saturated rings. The number of hydrogen-bond acceptors (Lipinski definition) is 5. The minimum Gasteiger partial charge on any atom is -0.412 e. The average molecular weight is 535 g/mol. The molecule has 1 aliphatic carbocycles. The number of rotatable bonds is 7. The number of anilines is 1. The molecule has 1 saturated heterocycles. The quantitative estimate of drug-likeness (QED) is 0.369. The monoisotopic (exact) mass is 534 g/mol. The first-order valence-corrected chi connectivity index (χ1v) is 13.7. The van der Waals surface area contributed by atoms with Crippen LogP contribution < -0.4 is 5.32 Å². The van der Waals surface area contributed by atoms with E-state index in [1.165, 1.54) is 0 Å². The van der Waals surface area contributed by atoms with Gasteiger partial charge in [-0.25, -0.2) is 13.5 Å². The Morgan fingerprint density at radius 3 is 2.68 bits per heavy atom. The predicted molar refractivity (Wildman–Crippen MR) is 152 cm³/mol. The summed E-state index contributed by atoms with van der Waals surface area (Å²) >= 11 is 0. The first kappa shape index (κ1) is 26.1. The van der Waals surface area contributed by atoms with Crippen LogP contribution in [0, 0.1) is 0 Å². The van der Waals surface area contributed by atoms with Gasteiger partial charge >= 0.3 is 0 Å². The highest BCUT2D eigenvalue weighted by Gasteiger charge is 2.51. The SMILES string of the molecule is O.O=C(Nc1cccc(-c2ccc(S(=O)N3CCC[C@@H]3CO)cc2)n1)C1(c2ccc3ncccc3c2)CC1.[HH].[HH]. The third-order valence-corrected chi connectivity index (χ3v) is 9.01. The zero-order valence-electron chi connectivity index (χ0n) is 20.8. The Morgan fingerprint density at radius 1 is 1.11 bits per heavy atom. The Hall–Kier alpha value is -3.50. The number of carbonyl (C=O) groups excluding carboxylic acids is 1. The van der Waals surface area contributed by atoms with E-state index in [1.807, 2.05) is 65.0 Å². The van der Waals surface area contributed by atoms with Gasteiger partial charge in [0.2, 0.25) is 5.91 Å². The molecule has 2 atom stereocenters. The summed E-state index contributed by atoms with van der Waals surface area (Å²) in [6.07, 6.45) is 5.18. The van der Waals surface area contributed by atoms with Gasteiger partial charge in [0.05, 0.1) is 28.1 Å². The van der Waals surface area contributed by atoms with E-state index in [1.54, 1.807) is 12.3 Å². The molecule has 3 heterocycles. The number of aromatic nitrogens is 2. The standard InChI is InChI=1S/C29H28N4O3S.H2O.2H2/c34-19-23-5-3-17-33(23)37(36)24-11-8-20(9-12-24)26-6-1-7-27(31-26)32-28(35)29(14-15-29)22-10-13-25-21(18-22)4-2-16-30-25;;;/h1-2,4,6-13,16,18,23,34H,3,5,14-15,17,19H2,(H,31,32,35);1H2;2*1H/t23-,37?;;;/m1.../s1. The van der Waals surface area contributed by atoms with Crippen molar-refractivity contribution in [3.63, 3.8) is 0 Å². The lowest BCUT2D eigenvalue weighted by atomic mass is 9.93. The Labute approximate surface area is 226 Å². The van der Waals surface area contributed by atoms with E-state index in [9.17, 15) is 14.1 Å². The van der Waals surface area contributed by atoms with Crippen LogP contribution in [0.3, 0.4) is 0 Å². The molecule has 9 heteroatoms.